The molecular weight excluding hydrogens is 294 g/mol. The lowest BCUT2D eigenvalue weighted by Gasteiger charge is -2.32. The van der Waals surface area contributed by atoms with Gasteiger partial charge in [0.1, 0.15) is 0 Å². The van der Waals surface area contributed by atoms with E-state index in [9.17, 15) is 0 Å². The number of nitrogens with zero attached hydrogens (tertiary/aromatic N) is 2. The molecule has 0 unspecified atom stereocenters. The summed E-state index contributed by atoms with van der Waals surface area (Å²) in [6.45, 7) is 12.7. The van der Waals surface area contributed by atoms with Crippen LogP contribution in [0.4, 0.5) is 11.4 Å². The molecule has 0 atom stereocenters. The summed E-state index contributed by atoms with van der Waals surface area (Å²) in [5, 5.41) is 8.72. The molecule has 0 aliphatic rings. The van der Waals surface area contributed by atoms with Gasteiger partial charge in [0.2, 0.25) is 5.96 Å². The number of aryl methyl sites for hydroxylation is 6. The Hall–Kier alpha value is -2.29. The topological polar surface area (TPSA) is 30.3 Å². The van der Waals surface area contributed by atoms with Gasteiger partial charge in [-0.25, -0.2) is 0 Å². The van der Waals surface area contributed by atoms with Crippen LogP contribution in [0.15, 0.2) is 24.3 Å². The maximum Gasteiger partial charge on any atom is 0.202 e. The van der Waals surface area contributed by atoms with Gasteiger partial charge in [0, 0.05) is 25.5 Å². The van der Waals surface area contributed by atoms with E-state index < -0.39 is 0 Å². The van der Waals surface area contributed by atoms with Crippen molar-refractivity contribution in [1.29, 1.82) is 5.41 Å². The Kier molecular flexibility index (Phi) is 5.02. The Morgan fingerprint density at radius 3 is 1.12 bits per heavy atom. The third kappa shape index (κ3) is 3.30. The SMILES string of the molecule is Cc1cc(C)c(N(C)C(=N)N(C)c2c(C)cc(C)cc2C)c(C)c1. The fraction of sp³-hybridized carbons (Fsp3) is 0.381. The number of guanidine groups is 1. The molecule has 2 aromatic rings. The largest absolute Gasteiger partial charge is 0.315 e. The first-order chi connectivity index (χ1) is 11.1. The average molecular weight is 323 g/mol. The molecule has 0 aromatic heterocycles. The highest BCUT2D eigenvalue weighted by atomic mass is 15.3. The van der Waals surface area contributed by atoms with Gasteiger partial charge < -0.3 is 9.80 Å². The second-order valence-corrected chi connectivity index (χ2v) is 6.94. The molecule has 0 saturated heterocycles. The molecule has 2 rings (SSSR count). The molecule has 1 N–H and O–H groups in total. The highest BCUT2D eigenvalue weighted by Crippen LogP contribution is 2.29. The summed E-state index contributed by atoms with van der Waals surface area (Å²) in [5.74, 6) is 0.472. The molecule has 24 heavy (non-hydrogen) atoms. The molecular formula is C21H29N3. The Balaban J connectivity index is 2.42. The van der Waals surface area contributed by atoms with E-state index in [1.165, 1.54) is 33.4 Å². The van der Waals surface area contributed by atoms with E-state index in [2.05, 4.69) is 65.8 Å². The van der Waals surface area contributed by atoms with Crippen LogP contribution in [0.2, 0.25) is 0 Å². The van der Waals surface area contributed by atoms with Crippen molar-refractivity contribution in [2.75, 3.05) is 23.9 Å². The molecule has 128 valence electrons. The lowest BCUT2D eigenvalue weighted by Crippen LogP contribution is -2.41. The lowest BCUT2D eigenvalue weighted by molar-refractivity contribution is 1.08. The summed E-state index contributed by atoms with van der Waals surface area (Å²) in [6, 6.07) is 8.70. The summed E-state index contributed by atoms with van der Waals surface area (Å²) in [5.41, 5.74) is 9.53. The molecule has 2 aromatic carbocycles. The summed E-state index contributed by atoms with van der Waals surface area (Å²) >= 11 is 0. The Labute approximate surface area is 146 Å². The molecule has 3 heteroatoms. The van der Waals surface area contributed by atoms with Crippen molar-refractivity contribution in [3.63, 3.8) is 0 Å². The van der Waals surface area contributed by atoms with Gasteiger partial charge in [0.15, 0.2) is 0 Å². The molecule has 0 aliphatic heterocycles. The van der Waals surface area contributed by atoms with E-state index in [0.29, 0.717) is 5.96 Å². The van der Waals surface area contributed by atoms with Crippen molar-refractivity contribution >= 4 is 17.3 Å². The van der Waals surface area contributed by atoms with Gasteiger partial charge >= 0.3 is 0 Å². The minimum atomic E-state index is 0.472. The monoisotopic (exact) mass is 323 g/mol. The van der Waals surface area contributed by atoms with Crippen LogP contribution >= 0.6 is 0 Å². The smallest absolute Gasteiger partial charge is 0.202 e. The molecule has 0 spiro atoms. The molecule has 0 bridgehead atoms. The van der Waals surface area contributed by atoms with Crippen LogP contribution in [0.5, 0.6) is 0 Å². The third-order valence-corrected chi connectivity index (χ3v) is 4.58. The van der Waals surface area contributed by atoms with E-state index in [4.69, 9.17) is 5.41 Å². The van der Waals surface area contributed by atoms with Gasteiger partial charge in [0.05, 0.1) is 0 Å². The highest BCUT2D eigenvalue weighted by Gasteiger charge is 2.19. The zero-order valence-corrected chi connectivity index (χ0v) is 16.2. The van der Waals surface area contributed by atoms with Crippen molar-refractivity contribution < 1.29 is 0 Å². The first kappa shape index (κ1) is 18.1. The van der Waals surface area contributed by atoms with Crippen molar-refractivity contribution in [2.24, 2.45) is 0 Å². The fourth-order valence-electron chi connectivity index (χ4n) is 3.84. The van der Waals surface area contributed by atoms with Crippen molar-refractivity contribution in [3.8, 4) is 0 Å². The normalized spacial score (nSPS) is 10.7. The maximum absolute atomic E-state index is 8.72. The summed E-state index contributed by atoms with van der Waals surface area (Å²) < 4.78 is 0. The van der Waals surface area contributed by atoms with Crippen LogP contribution in [0.3, 0.4) is 0 Å². The summed E-state index contributed by atoms with van der Waals surface area (Å²) in [7, 11) is 3.95. The highest BCUT2D eigenvalue weighted by molar-refractivity contribution is 6.06. The minimum Gasteiger partial charge on any atom is -0.315 e. The number of benzene rings is 2. The van der Waals surface area contributed by atoms with Crippen LogP contribution in [0.25, 0.3) is 0 Å². The molecule has 0 heterocycles. The second-order valence-electron chi connectivity index (χ2n) is 6.94. The van der Waals surface area contributed by atoms with E-state index >= 15 is 0 Å². The van der Waals surface area contributed by atoms with Crippen molar-refractivity contribution in [1.82, 2.24) is 0 Å². The number of hydrogen-bond donors (Lipinski definition) is 1. The van der Waals surface area contributed by atoms with Crippen LogP contribution in [0.1, 0.15) is 33.4 Å². The van der Waals surface area contributed by atoms with Gasteiger partial charge in [-0.15, -0.1) is 0 Å². The number of hydrogen-bond acceptors (Lipinski definition) is 1. The molecule has 0 radical (unpaired) electrons. The molecule has 0 aliphatic carbocycles. The molecule has 0 fully saturated rings. The lowest BCUT2D eigenvalue weighted by atomic mass is 10.0. The zero-order valence-electron chi connectivity index (χ0n) is 16.2. The van der Waals surface area contributed by atoms with Crippen LogP contribution in [-0.4, -0.2) is 20.1 Å². The van der Waals surface area contributed by atoms with Crippen LogP contribution < -0.4 is 9.80 Å². The standard InChI is InChI=1S/C21H29N3/c1-13-9-15(3)19(16(4)10-13)23(7)21(22)24(8)20-17(5)11-14(2)12-18(20)6/h9-12,22H,1-8H3. The molecule has 0 saturated carbocycles. The van der Waals surface area contributed by atoms with Gasteiger partial charge in [-0.1, -0.05) is 35.4 Å². The second kappa shape index (κ2) is 6.68. The Morgan fingerprint density at radius 2 is 0.875 bits per heavy atom. The fourth-order valence-corrected chi connectivity index (χ4v) is 3.84. The predicted molar refractivity (Wildman–Crippen MR) is 106 cm³/mol. The first-order valence-electron chi connectivity index (χ1n) is 8.35. The van der Waals surface area contributed by atoms with Crippen molar-refractivity contribution in [3.05, 3.63) is 57.6 Å². The van der Waals surface area contributed by atoms with Gasteiger partial charge in [0.25, 0.3) is 0 Å². The molecule has 0 amide bonds. The van der Waals surface area contributed by atoms with Gasteiger partial charge in [-0.2, -0.15) is 0 Å². The van der Waals surface area contributed by atoms with Crippen LogP contribution in [0, 0.1) is 47.0 Å². The first-order valence-corrected chi connectivity index (χ1v) is 8.35. The van der Waals surface area contributed by atoms with E-state index in [-0.39, 0.29) is 0 Å². The zero-order chi connectivity index (χ0) is 18.2. The third-order valence-electron chi connectivity index (χ3n) is 4.58. The maximum atomic E-state index is 8.72. The number of rotatable bonds is 2. The Morgan fingerprint density at radius 1 is 0.625 bits per heavy atom. The average Bonchev–Trinajstić information content (AvgIpc) is 2.43. The van der Waals surface area contributed by atoms with E-state index in [1.807, 2.05) is 23.9 Å². The van der Waals surface area contributed by atoms with Gasteiger partial charge in [-0.3, -0.25) is 5.41 Å². The van der Waals surface area contributed by atoms with E-state index in [1.54, 1.807) is 0 Å². The van der Waals surface area contributed by atoms with Crippen LogP contribution in [-0.2, 0) is 0 Å². The van der Waals surface area contributed by atoms with Crippen molar-refractivity contribution in [2.45, 2.75) is 41.5 Å². The Bertz CT molecular complexity index is 678. The molecule has 3 nitrogen and oxygen atoms in total. The summed E-state index contributed by atoms with van der Waals surface area (Å²) in [4.78, 5) is 3.95. The van der Waals surface area contributed by atoms with E-state index in [0.717, 1.165) is 11.4 Å². The van der Waals surface area contributed by atoms with Gasteiger partial charge in [-0.05, 0) is 63.8 Å². The number of nitrogens with one attached hydrogen (secondary N) is 1. The minimum absolute atomic E-state index is 0.472. The predicted octanol–water partition coefficient (Wildman–Crippen LogP) is 5.04. The summed E-state index contributed by atoms with van der Waals surface area (Å²) in [6.07, 6.45) is 0. The number of anilines is 2. The quantitative estimate of drug-likeness (QED) is 0.619.